The van der Waals surface area contributed by atoms with Gasteiger partial charge in [-0.25, -0.2) is 0 Å². The van der Waals surface area contributed by atoms with Gasteiger partial charge in [0.1, 0.15) is 13.2 Å². The second kappa shape index (κ2) is 7.28. The molecule has 2 aliphatic heterocycles. The highest BCUT2D eigenvalue weighted by Crippen LogP contribution is 2.57. The summed E-state index contributed by atoms with van der Waals surface area (Å²) in [5, 5.41) is 0. The van der Waals surface area contributed by atoms with E-state index >= 15 is 0 Å². The highest BCUT2D eigenvalue weighted by Gasteiger charge is 2.51. The summed E-state index contributed by atoms with van der Waals surface area (Å²) < 4.78 is 11.2. The van der Waals surface area contributed by atoms with Crippen LogP contribution < -0.4 is 9.47 Å². The lowest BCUT2D eigenvalue weighted by Crippen LogP contribution is -2.53. The van der Waals surface area contributed by atoms with Crippen molar-refractivity contribution in [3.05, 3.63) is 23.8 Å². The van der Waals surface area contributed by atoms with E-state index in [1.165, 1.54) is 32.1 Å². The van der Waals surface area contributed by atoms with Crippen LogP contribution in [0.2, 0.25) is 0 Å². The summed E-state index contributed by atoms with van der Waals surface area (Å²) >= 11 is 0. The molecule has 1 aromatic rings. The van der Waals surface area contributed by atoms with Crippen molar-refractivity contribution in [3.63, 3.8) is 0 Å². The Hall–Kier alpha value is -2.04. The van der Waals surface area contributed by atoms with E-state index < -0.39 is 0 Å². The first-order valence-corrected chi connectivity index (χ1v) is 11.9. The van der Waals surface area contributed by atoms with Crippen LogP contribution in [0, 0.1) is 35.5 Å². The Morgan fingerprint density at radius 1 is 0.833 bits per heavy atom. The monoisotopic (exact) mass is 409 g/mol. The van der Waals surface area contributed by atoms with E-state index in [9.17, 15) is 9.59 Å². The van der Waals surface area contributed by atoms with Gasteiger partial charge in [-0.2, -0.15) is 0 Å². The third kappa shape index (κ3) is 3.12. The number of carbonyl (C=O) groups excluding carboxylic acids is 2. The summed E-state index contributed by atoms with van der Waals surface area (Å²) in [4.78, 5) is 28.6. The smallest absolute Gasteiger partial charge is 0.226 e. The highest BCUT2D eigenvalue weighted by atomic mass is 16.6. The van der Waals surface area contributed by atoms with Crippen LogP contribution in [0.1, 0.15) is 55.3 Å². The number of ether oxygens (including phenoxy) is 2. The minimum Gasteiger partial charge on any atom is -0.486 e. The molecule has 1 amide bonds. The van der Waals surface area contributed by atoms with Crippen molar-refractivity contribution in [2.75, 3.05) is 26.3 Å². The number of amides is 1. The maximum absolute atomic E-state index is 13.4. The number of hydrogen-bond donors (Lipinski definition) is 0. The van der Waals surface area contributed by atoms with Gasteiger partial charge in [0.05, 0.1) is 0 Å². The Labute approximate surface area is 178 Å². The second-order valence-corrected chi connectivity index (χ2v) is 10.3. The maximum atomic E-state index is 13.4. The van der Waals surface area contributed by atoms with Gasteiger partial charge in [0, 0.05) is 30.5 Å². The fraction of sp³-hybridized carbons (Fsp3) is 0.680. The Morgan fingerprint density at radius 3 is 2.13 bits per heavy atom. The topological polar surface area (TPSA) is 55.8 Å². The van der Waals surface area contributed by atoms with Crippen LogP contribution in [0.15, 0.2) is 18.2 Å². The number of carbonyl (C=O) groups is 2. The average molecular weight is 410 g/mol. The molecule has 0 aromatic heterocycles. The van der Waals surface area contributed by atoms with Gasteiger partial charge in [-0.1, -0.05) is 0 Å². The number of likely N-dealkylation sites (tertiary alicyclic amines) is 1. The molecule has 0 unspecified atom stereocenters. The van der Waals surface area contributed by atoms with E-state index in [1.54, 1.807) is 0 Å². The van der Waals surface area contributed by atoms with Crippen molar-refractivity contribution in [2.24, 2.45) is 35.5 Å². The number of Topliss-reactive ketones (excluding diaryl/α,β-unsaturated/α-hetero) is 1. The van der Waals surface area contributed by atoms with Gasteiger partial charge in [-0.15, -0.1) is 0 Å². The van der Waals surface area contributed by atoms with Crippen LogP contribution in [0.3, 0.4) is 0 Å². The van der Waals surface area contributed by atoms with Crippen molar-refractivity contribution < 1.29 is 19.1 Å². The van der Waals surface area contributed by atoms with Gasteiger partial charge in [0.15, 0.2) is 17.3 Å². The molecule has 4 bridgehead atoms. The fourth-order valence-electron chi connectivity index (χ4n) is 7.33. The van der Waals surface area contributed by atoms with E-state index in [2.05, 4.69) is 4.90 Å². The molecule has 1 saturated heterocycles. The van der Waals surface area contributed by atoms with Crippen LogP contribution >= 0.6 is 0 Å². The normalized spacial score (nSPS) is 34.8. The molecule has 0 atom stereocenters. The van der Waals surface area contributed by atoms with Crippen LogP contribution in [-0.4, -0.2) is 42.9 Å². The lowest BCUT2D eigenvalue weighted by atomic mass is 9.51. The van der Waals surface area contributed by atoms with E-state index in [0.29, 0.717) is 48.0 Å². The molecule has 7 rings (SSSR count). The molecule has 0 spiro atoms. The zero-order chi connectivity index (χ0) is 20.2. The number of ketones is 1. The third-order valence-electron chi connectivity index (χ3n) is 8.52. The summed E-state index contributed by atoms with van der Waals surface area (Å²) in [6.07, 6.45) is 8.08. The van der Waals surface area contributed by atoms with Crippen molar-refractivity contribution >= 4 is 11.7 Å². The number of piperidine rings is 1. The first-order valence-electron chi connectivity index (χ1n) is 11.9. The summed E-state index contributed by atoms with van der Waals surface area (Å²) in [7, 11) is 0. The van der Waals surface area contributed by atoms with Crippen LogP contribution in [0.25, 0.3) is 0 Å². The predicted molar refractivity (Wildman–Crippen MR) is 112 cm³/mol. The second-order valence-electron chi connectivity index (χ2n) is 10.3. The number of benzene rings is 1. The quantitative estimate of drug-likeness (QED) is 0.710. The van der Waals surface area contributed by atoms with Gasteiger partial charge < -0.3 is 14.4 Å². The molecule has 2 heterocycles. The van der Waals surface area contributed by atoms with Gasteiger partial charge in [-0.05, 0) is 86.8 Å². The molecule has 4 saturated carbocycles. The molecule has 0 radical (unpaired) electrons. The zero-order valence-corrected chi connectivity index (χ0v) is 17.6. The zero-order valence-electron chi connectivity index (χ0n) is 17.6. The number of hydrogen-bond acceptors (Lipinski definition) is 4. The van der Waals surface area contributed by atoms with E-state index in [-0.39, 0.29) is 17.6 Å². The van der Waals surface area contributed by atoms with Crippen LogP contribution in [0.4, 0.5) is 0 Å². The van der Waals surface area contributed by atoms with Crippen molar-refractivity contribution in [1.82, 2.24) is 4.90 Å². The van der Waals surface area contributed by atoms with Crippen LogP contribution in [-0.2, 0) is 4.79 Å². The molecular weight excluding hydrogens is 378 g/mol. The van der Waals surface area contributed by atoms with Gasteiger partial charge in [0.2, 0.25) is 5.91 Å². The summed E-state index contributed by atoms with van der Waals surface area (Å²) in [5.41, 5.74) is 0.699. The van der Waals surface area contributed by atoms with Crippen molar-refractivity contribution in [2.45, 2.75) is 44.9 Å². The molecule has 0 N–H and O–H groups in total. The van der Waals surface area contributed by atoms with Gasteiger partial charge >= 0.3 is 0 Å². The Bertz CT molecular complexity index is 829. The Balaban J connectivity index is 1.09. The minimum absolute atomic E-state index is 0.00453. The number of rotatable bonds is 3. The maximum Gasteiger partial charge on any atom is 0.226 e. The summed E-state index contributed by atoms with van der Waals surface area (Å²) in [5.74, 6) is 5.27. The molecule has 5 fully saturated rings. The molecule has 4 aliphatic carbocycles. The first-order chi connectivity index (χ1) is 14.7. The predicted octanol–water partition coefficient (Wildman–Crippen LogP) is 3.95. The molecule has 160 valence electrons. The molecule has 5 heteroatoms. The standard InChI is InChI=1S/C25H31NO4/c27-24(18-1-2-21-22(14-18)30-8-7-29-21)17-3-5-26(6-4-17)25(28)23-19-10-15-9-16(12-19)13-20(23)11-15/h1-2,14-17,19-20,23H,3-13H2. The minimum atomic E-state index is -0.00453. The molecule has 5 nitrogen and oxygen atoms in total. The van der Waals surface area contributed by atoms with E-state index in [1.807, 2.05) is 18.2 Å². The summed E-state index contributed by atoms with van der Waals surface area (Å²) in [6.45, 7) is 2.53. The number of fused-ring (bicyclic) bond motifs is 1. The molecular formula is C25H31NO4. The van der Waals surface area contributed by atoms with Crippen molar-refractivity contribution in [1.29, 1.82) is 0 Å². The lowest BCUT2D eigenvalue weighted by molar-refractivity contribution is -0.150. The molecule has 6 aliphatic rings. The number of nitrogens with zero attached hydrogens (tertiary/aromatic N) is 1. The third-order valence-corrected chi connectivity index (χ3v) is 8.52. The van der Waals surface area contributed by atoms with Gasteiger partial charge in [0.25, 0.3) is 0 Å². The SMILES string of the molecule is O=C(c1ccc2c(c1)OCCO2)C1CCN(C(=O)C2C3CC4CC(C3)CC2C4)CC1. The van der Waals surface area contributed by atoms with Crippen LogP contribution in [0.5, 0.6) is 11.5 Å². The first kappa shape index (κ1) is 18.7. The van der Waals surface area contributed by atoms with Crippen molar-refractivity contribution in [3.8, 4) is 11.5 Å². The largest absolute Gasteiger partial charge is 0.486 e. The highest BCUT2D eigenvalue weighted by molar-refractivity contribution is 5.98. The average Bonchev–Trinajstić information content (AvgIpc) is 2.77. The Kier molecular flexibility index (Phi) is 4.54. The fourth-order valence-corrected chi connectivity index (χ4v) is 7.33. The molecule has 1 aromatic carbocycles. The van der Waals surface area contributed by atoms with E-state index in [4.69, 9.17) is 9.47 Å². The Morgan fingerprint density at radius 2 is 1.47 bits per heavy atom. The molecule has 30 heavy (non-hydrogen) atoms. The van der Waals surface area contributed by atoms with E-state index in [0.717, 1.165) is 37.8 Å². The van der Waals surface area contributed by atoms with Gasteiger partial charge in [-0.3, -0.25) is 9.59 Å². The summed E-state index contributed by atoms with van der Waals surface area (Å²) in [6, 6.07) is 5.51. The lowest BCUT2D eigenvalue weighted by Gasteiger charge is -2.54.